The Balaban J connectivity index is 2.27. The fraction of sp³-hybridized carbons (Fsp3) is 0.240. The maximum Gasteiger partial charge on any atom is 0.406 e. The van der Waals surface area contributed by atoms with Crippen LogP contribution in [-0.2, 0) is 5.41 Å². The van der Waals surface area contributed by atoms with E-state index in [-0.39, 0.29) is 33.6 Å². The number of fused-ring (bicyclic) bond motifs is 2. The van der Waals surface area contributed by atoms with Gasteiger partial charge in [0.1, 0.15) is 5.41 Å². The molecule has 0 saturated carbocycles. The van der Waals surface area contributed by atoms with Crippen molar-refractivity contribution in [2.75, 3.05) is 0 Å². The molecule has 0 aliphatic heterocycles. The lowest BCUT2D eigenvalue weighted by molar-refractivity contribution is -0.166. The number of carbonyl (C=O) groups is 1. The Morgan fingerprint density at radius 2 is 1.10 bits per heavy atom. The second-order valence-corrected chi connectivity index (χ2v) is 7.91. The highest BCUT2D eigenvalue weighted by Crippen LogP contribution is 2.56. The molecule has 0 bridgehead atoms. The van der Waals surface area contributed by atoms with Gasteiger partial charge in [0, 0.05) is 11.1 Å². The number of carbonyl (C=O) groups excluding carboxylic acids is 1. The molecule has 148 valence electrons. The standard InChI is InChI=1S/C25H21F3O/c1-14-10-19-21(12-16(14)3)24(25(26,27)28,18-8-6-5-7-9-18)22-13-17(4)15(2)11-20(22)23(19)29/h5-13H,1-4H3. The quantitative estimate of drug-likeness (QED) is 0.469. The van der Waals surface area contributed by atoms with Gasteiger partial charge in [0.2, 0.25) is 0 Å². The Hall–Kier alpha value is -2.88. The normalized spacial score (nSPS) is 15.1. The van der Waals surface area contributed by atoms with Gasteiger partial charge in [0.15, 0.2) is 5.78 Å². The van der Waals surface area contributed by atoms with Gasteiger partial charge in [-0.2, -0.15) is 13.2 Å². The van der Waals surface area contributed by atoms with Crippen LogP contribution in [0.15, 0.2) is 54.6 Å². The molecule has 0 N–H and O–H groups in total. The van der Waals surface area contributed by atoms with Crippen LogP contribution in [0.1, 0.15) is 54.9 Å². The van der Waals surface area contributed by atoms with E-state index in [0.717, 1.165) is 22.3 Å². The first kappa shape index (κ1) is 19.4. The van der Waals surface area contributed by atoms with Gasteiger partial charge in [-0.1, -0.05) is 42.5 Å². The van der Waals surface area contributed by atoms with E-state index in [2.05, 4.69) is 0 Å². The van der Waals surface area contributed by atoms with Crippen LogP contribution in [0.2, 0.25) is 0 Å². The summed E-state index contributed by atoms with van der Waals surface area (Å²) in [5.41, 5.74) is 1.07. The molecule has 0 saturated heterocycles. The van der Waals surface area contributed by atoms with E-state index in [1.165, 1.54) is 12.1 Å². The molecule has 3 aromatic carbocycles. The molecule has 0 aromatic heterocycles. The SMILES string of the molecule is Cc1cc2c(cc1C)C(c1ccccc1)(C(F)(F)F)c1cc(C)c(C)cc1C2=O. The Morgan fingerprint density at radius 1 is 0.690 bits per heavy atom. The Morgan fingerprint density at radius 3 is 1.52 bits per heavy atom. The van der Waals surface area contributed by atoms with Crippen molar-refractivity contribution in [3.05, 3.63) is 105 Å². The van der Waals surface area contributed by atoms with E-state index in [1.807, 2.05) is 13.8 Å². The molecule has 4 heteroatoms. The van der Waals surface area contributed by atoms with Crippen LogP contribution in [0.3, 0.4) is 0 Å². The molecule has 1 aliphatic carbocycles. The Bertz CT molecular complexity index is 1080. The zero-order valence-electron chi connectivity index (χ0n) is 16.7. The van der Waals surface area contributed by atoms with Gasteiger partial charge >= 0.3 is 6.18 Å². The zero-order chi connectivity index (χ0) is 21.1. The van der Waals surface area contributed by atoms with Crippen molar-refractivity contribution >= 4 is 5.78 Å². The number of aryl methyl sites for hydroxylation is 4. The minimum atomic E-state index is -4.64. The highest BCUT2D eigenvalue weighted by atomic mass is 19.4. The minimum Gasteiger partial charge on any atom is -0.289 e. The van der Waals surface area contributed by atoms with Crippen LogP contribution in [-0.4, -0.2) is 12.0 Å². The van der Waals surface area contributed by atoms with Gasteiger partial charge in [0.05, 0.1) is 0 Å². The monoisotopic (exact) mass is 394 g/mol. The Labute approximate surface area is 168 Å². The van der Waals surface area contributed by atoms with Crippen molar-refractivity contribution in [1.82, 2.24) is 0 Å². The molecule has 3 aromatic rings. The third-order valence-corrected chi connectivity index (χ3v) is 6.20. The summed E-state index contributed by atoms with van der Waals surface area (Å²) in [6.45, 7) is 7.19. The van der Waals surface area contributed by atoms with Gasteiger partial charge in [-0.05, 0) is 78.8 Å². The fourth-order valence-electron chi connectivity index (χ4n) is 4.39. The summed E-state index contributed by atoms with van der Waals surface area (Å²) >= 11 is 0. The molecule has 0 radical (unpaired) electrons. The largest absolute Gasteiger partial charge is 0.406 e. The number of hydrogen-bond donors (Lipinski definition) is 0. The average molecular weight is 394 g/mol. The van der Waals surface area contributed by atoms with Crippen LogP contribution in [0.25, 0.3) is 0 Å². The lowest BCUT2D eigenvalue weighted by Crippen LogP contribution is -2.49. The lowest BCUT2D eigenvalue weighted by Gasteiger charge is -2.42. The van der Waals surface area contributed by atoms with Crippen molar-refractivity contribution in [2.45, 2.75) is 39.3 Å². The third-order valence-electron chi connectivity index (χ3n) is 6.20. The van der Waals surface area contributed by atoms with Crippen molar-refractivity contribution in [3.63, 3.8) is 0 Å². The smallest absolute Gasteiger partial charge is 0.289 e. The van der Waals surface area contributed by atoms with Crippen LogP contribution < -0.4 is 0 Å². The first-order valence-electron chi connectivity index (χ1n) is 9.49. The number of benzene rings is 3. The molecule has 0 amide bonds. The van der Waals surface area contributed by atoms with Crippen molar-refractivity contribution in [2.24, 2.45) is 0 Å². The van der Waals surface area contributed by atoms with Gasteiger partial charge in [-0.25, -0.2) is 0 Å². The molecular weight excluding hydrogens is 373 g/mol. The molecule has 29 heavy (non-hydrogen) atoms. The van der Waals surface area contributed by atoms with Crippen LogP contribution in [0.5, 0.6) is 0 Å². The number of halogens is 3. The van der Waals surface area contributed by atoms with Gasteiger partial charge in [0.25, 0.3) is 0 Å². The Kier molecular flexibility index (Phi) is 4.23. The van der Waals surface area contributed by atoms with E-state index < -0.39 is 11.6 Å². The summed E-state index contributed by atoms with van der Waals surface area (Å²) in [5, 5.41) is 0. The topological polar surface area (TPSA) is 17.1 Å². The molecule has 0 atom stereocenters. The number of hydrogen-bond acceptors (Lipinski definition) is 1. The van der Waals surface area contributed by atoms with E-state index in [9.17, 15) is 4.79 Å². The third kappa shape index (κ3) is 2.58. The first-order chi connectivity index (χ1) is 13.6. The first-order valence-corrected chi connectivity index (χ1v) is 9.49. The lowest BCUT2D eigenvalue weighted by atomic mass is 9.61. The average Bonchev–Trinajstić information content (AvgIpc) is 2.66. The summed E-state index contributed by atoms with van der Waals surface area (Å²) in [6, 6.07) is 14.2. The number of ketones is 1. The van der Waals surface area contributed by atoms with Crippen LogP contribution in [0.4, 0.5) is 13.2 Å². The zero-order valence-corrected chi connectivity index (χ0v) is 16.7. The van der Waals surface area contributed by atoms with E-state index in [0.29, 0.717) is 0 Å². The predicted molar refractivity (Wildman–Crippen MR) is 108 cm³/mol. The second kappa shape index (κ2) is 6.31. The summed E-state index contributed by atoms with van der Waals surface area (Å²) in [4.78, 5) is 13.3. The fourth-order valence-corrected chi connectivity index (χ4v) is 4.39. The summed E-state index contributed by atoms with van der Waals surface area (Å²) < 4.78 is 45.4. The molecule has 1 aliphatic rings. The van der Waals surface area contributed by atoms with Gasteiger partial charge < -0.3 is 0 Å². The predicted octanol–water partition coefficient (Wildman–Crippen LogP) is 6.36. The maximum absolute atomic E-state index is 15.1. The van der Waals surface area contributed by atoms with Crippen LogP contribution >= 0.6 is 0 Å². The van der Waals surface area contributed by atoms with Gasteiger partial charge in [-0.15, -0.1) is 0 Å². The second-order valence-electron chi connectivity index (χ2n) is 7.91. The molecule has 4 rings (SSSR count). The van der Waals surface area contributed by atoms with Crippen LogP contribution in [0, 0.1) is 27.7 Å². The van der Waals surface area contributed by atoms with Crippen molar-refractivity contribution < 1.29 is 18.0 Å². The molecule has 0 unspecified atom stereocenters. The molecule has 0 spiro atoms. The highest BCUT2D eigenvalue weighted by Gasteiger charge is 2.62. The minimum absolute atomic E-state index is 0.0139. The van der Waals surface area contributed by atoms with Crippen molar-refractivity contribution in [1.29, 1.82) is 0 Å². The summed E-state index contributed by atoms with van der Waals surface area (Å²) in [6.07, 6.45) is -4.64. The maximum atomic E-state index is 15.1. The highest BCUT2D eigenvalue weighted by molar-refractivity contribution is 6.14. The summed E-state index contributed by atoms with van der Waals surface area (Å²) in [7, 11) is 0. The van der Waals surface area contributed by atoms with E-state index in [1.54, 1.807) is 56.3 Å². The number of alkyl halides is 3. The molecule has 0 fully saturated rings. The molecule has 0 heterocycles. The van der Waals surface area contributed by atoms with E-state index in [4.69, 9.17) is 0 Å². The number of rotatable bonds is 1. The summed E-state index contributed by atoms with van der Waals surface area (Å²) in [5.74, 6) is -0.350. The molecule has 1 nitrogen and oxygen atoms in total. The van der Waals surface area contributed by atoms with E-state index >= 15 is 13.2 Å². The molecular formula is C25H21F3O. The van der Waals surface area contributed by atoms with Gasteiger partial charge in [-0.3, -0.25) is 4.79 Å². The van der Waals surface area contributed by atoms with Crippen molar-refractivity contribution in [3.8, 4) is 0 Å².